The first-order valence-electron chi connectivity index (χ1n) is 7.52. The average molecular weight is 302 g/mol. The molecule has 0 bridgehead atoms. The Balaban J connectivity index is 1.80. The molecule has 2 aliphatic heterocycles. The van der Waals surface area contributed by atoms with Crippen molar-refractivity contribution in [2.24, 2.45) is 0 Å². The quantitative estimate of drug-likeness (QED) is 0.861. The summed E-state index contributed by atoms with van der Waals surface area (Å²) in [6.07, 6.45) is 2.11. The molecule has 0 spiro atoms. The third-order valence-corrected chi connectivity index (χ3v) is 3.99. The SMILES string of the molecule is CCC(=O)Nc1ccc2c(c1)C(=O)N(C[C@H]1CCCO1)C2=O. The lowest BCUT2D eigenvalue weighted by atomic mass is 10.1. The zero-order valence-corrected chi connectivity index (χ0v) is 12.4. The highest BCUT2D eigenvalue weighted by Crippen LogP contribution is 2.27. The van der Waals surface area contributed by atoms with Gasteiger partial charge in [0.05, 0.1) is 23.8 Å². The Bertz CT molecular complexity index is 635. The van der Waals surface area contributed by atoms with Gasteiger partial charge in [0.2, 0.25) is 5.91 Å². The molecule has 1 N–H and O–H groups in total. The largest absolute Gasteiger partial charge is 0.376 e. The van der Waals surface area contributed by atoms with Crippen LogP contribution in [0.4, 0.5) is 5.69 Å². The van der Waals surface area contributed by atoms with Crippen LogP contribution in [-0.2, 0) is 9.53 Å². The maximum Gasteiger partial charge on any atom is 0.261 e. The molecule has 22 heavy (non-hydrogen) atoms. The van der Waals surface area contributed by atoms with Crippen molar-refractivity contribution in [1.29, 1.82) is 0 Å². The fourth-order valence-electron chi connectivity index (χ4n) is 2.78. The zero-order valence-electron chi connectivity index (χ0n) is 12.4. The van der Waals surface area contributed by atoms with E-state index in [1.54, 1.807) is 25.1 Å². The number of ether oxygens (including phenoxy) is 1. The van der Waals surface area contributed by atoms with Crippen molar-refractivity contribution in [2.75, 3.05) is 18.5 Å². The van der Waals surface area contributed by atoms with Crippen LogP contribution in [0.25, 0.3) is 0 Å². The Morgan fingerprint density at radius 2 is 2.09 bits per heavy atom. The van der Waals surface area contributed by atoms with Crippen molar-refractivity contribution < 1.29 is 19.1 Å². The molecule has 1 fully saturated rings. The smallest absolute Gasteiger partial charge is 0.261 e. The summed E-state index contributed by atoms with van der Waals surface area (Å²) in [6, 6.07) is 4.81. The summed E-state index contributed by atoms with van der Waals surface area (Å²) in [4.78, 5) is 37.5. The molecule has 1 atom stereocenters. The van der Waals surface area contributed by atoms with Crippen LogP contribution in [0.1, 0.15) is 46.9 Å². The van der Waals surface area contributed by atoms with Gasteiger partial charge in [-0.05, 0) is 31.0 Å². The summed E-state index contributed by atoms with van der Waals surface area (Å²) in [5.41, 5.74) is 1.26. The van der Waals surface area contributed by atoms with E-state index in [1.165, 1.54) is 4.90 Å². The first-order chi connectivity index (χ1) is 10.6. The topological polar surface area (TPSA) is 75.7 Å². The number of benzene rings is 1. The Morgan fingerprint density at radius 1 is 1.32 bits per heavy atom. The van der Waals surface area contributed by atoms with Crippen LogP contribution < -0.4 is 5.32 Å². The molecule has 0 unspecified atom stereocenters. The molecular weight excluding hydrogens is 284 g/mol. The number of carbonyl (C=O) groups is 3. The van der Waals surface area contributed by atoms with Gasteiger partial charge in [-0.25, -0.2) is 0 Å². The lowest BCUT2D eigenvalue weighted by molar-refractivity contribution is -0.115. The molecule has 3 amide bonds. The van der Waals surface area contributed by atoms with Crippen LogP contribution in [-0.4, -0.2) is 41.9 Å². The highest BCUT2D eigenvalue weighted by Gasteiger charge is 2.37. The average Bonchev–Trinajstić information content (AvgIpc) is 3.11. The number of hydrogen-bond donors (Lipinski definition) is 1. The summed E-state index contributed by atoms with van der Waals surface area (Å²) < 4.78 is 5.50. The predicted octanol–water partition coefficient (Wildman–Crippen LogP) is 1.81. The van der Waals surface area contributed by atoms with E-state index in [-0.39, 0.29) is 23.8 Å². The molecule has 2 aliphatic rings. The van der Waals surface area contributed by atoms with Crippen molar-refractivity contribution >= 4 is 23.4 Å². The number of amides is 3. The lowest BCUT2D eigenvalue weighted by Crippen LogP contribution is -2.36. The highest BCUT2D eigenvalue weighted by atomic mass is 16.5. The van der Waals surface area contributed by atoms with Crippen molar-refractivity contribution in [3.8, 4) is 0 Å². The minimum Gasteiger partial charge on any atom is -0.376 e. The third-order valence-electron chi connectivity index (χ3n) is 3.99. The van der Waals surface area contributed by atoms with Gasteiger partial charge in [0.1, 0.15) is 0 Å². The standard InChI is InChI=1S/C16H18N2O4/c1-2-14(19)17-10-5-6-12-13(8-10)16(21)18(15(12)20)9-11-4-3-7-22-11/h5-6,8,11H,2-4,7,9H2,1H3,(H,17,19)/t11-/m1/s1. The van der Waals surface area contributed by atoms with E-state index in [2.05, 4.69) is 5.32 Å². The second kappa shape index (κ2) is 5.88. The number of rotatable bonds is 4. The number of nitrogens with one attached hydrogen (secondary N) is 1. The van der Waals surface area contributed by atoms with E-state index in [4.69, 9.17) is 4.74 Å². The first kappa shape index (κ1) is 14.7. The van der Waals surface area contributed by atoms with Gasteiger partial charge in [-0.1, -0.05) is 6.92 Å². The zero-order chi connectivity index (χ0) is 15.7. The molecule has 116 valence electrons. The molecule has 2 heterocycles. The Hall–Kier alpha value is -2.21. The summed E-state index contributed by atoms with van der Waals surface area (Å²) in [5, 5.41) is 2.70. The second-order valence-electron chi connectivity index (χ2n) is 5.52. The van der Waals surface area contributed by atoms with Crippen molar-refractivity contribution in [3.63, 3.8) is 0 Å². The number of anilines is 1. The number of nitrogens with zero attached hydrogens (tertiary/aromatic N) is 1. The van der Waals surface area contributed by atoms with E-state index in [9.17, 15) is 14.4 Å². The van der Waals surface area contributed by atoms with Crippen molar-refractivity contribution in [2.45, 2.75) is 32.3 Å². The van der Waals surface area contributed by atoms with Gasteiger partial charge in [0.15, 0.2) is 0 Å². The van der Waals surface area contributed by atoms with Crippen LogP contribution in [0.15, 0.2) is 18.2 Å². The molecule has 1 aromatic rings. The maximum absolute atomic E-state index is 12.4. The Kier molecular flexibility index (Phi) is 3.94. The Morgan fingerprint density at radius 3 is 2.77 bits per heavy atom. The van der Waals surface area contributed by atoms with Crippen LogP contribution in [0.5, 0.6) is 0 Å². The lowest BCUT2D eigenvalue weighted by Gasteiger charge is -2.17. The molecule has 6 nitrogen and oxygen atoms in total. The molecule has 3 rings (SSSR count). The number of carbonyl (C=O) groups excluding carboxylic acids is 3. The number of fused-ring (bicyclic) bond motifs is 1. The van der Waals surface area contributed by atoms with Gasteiger partial charge in [-0.3, -0.25) is 19.3 Å². The van der Waals surface area contributed by atoms with E-state index in [0.29, 0.717) is 36.4 Å². The predicted molar refractivity (Wildman–Crippen MR) is 79.7 cm³/mol. The number of imide groups is 1. The van der Waals surface area contributed by atoms with Crippen LogP contribution in [0.2, 0.25) is 0 Å². The van der Waals surface area contributed by atoms with Crippen molar-refractivity contribution in [3.05, 3.63) is 29.3 Å². The summed E-state index contributed by atoms with van der Waals surface area (Å²) in [5.74, 6) is -0.736. The van der Waals surface area contributed by atoms with Crippen LogP contribution in [0.3, 0.4) is 0 Å². The fraction of sp³-hybridized carbons (Fsp3) is 0.438. The Labute approximate surface area is 128 Å². The third kappa shape index (κ3) is 2.62. The van der Waals surface area contributed by atoms with E-state index in [0.717, 1.165) is 12.8 Å². The summed E-state index contributed by atoms with van der Waals surface area (Å²) >= 11 is 0. The first-order valence-corrected chi connectivity index (χ1v) is 7.52. The van der Waals surface area contributed by atoms with Gasteiger partial charge >= 0.3 is 0 Å². The van der Waals surface area contributed by atoms with Crippen LogP contribution in [0, 0.1) is 0 Å². The number of hydrogen-bond acceptors (Lipinski definition) is 4. The van der Waals surface area contributed by atoms with Crippen LogP contribution >= 0.6 is 0 Å². The van der Waals surface area contributed by atoms with Gasteiger partial charge in [-0.2, -0.15) is 0 Å². The normalized spacial score (nSPS) is 20.4. The molecule has 0 radical (unpaired) electrons. The molecule has 0 aromatic heterocycles. The van der Waals surface area contributed by atoms with Gasteiger partial charge in [0, 0.05) is 18.7 Å². The summed E-state index contributed by atoms with van der Waals surface area (Å²) in [7, 11) is 0. The molecule has 0 aliphatic carbocycles. The van der Waals surface area contributed by atoms with E-state index >= 15 is 0 Å². The van der Waals surface area contributed by atoms with Gasteiger partial charge in [-0.15, -0.1) is 0 Å². The van der Waals surface area contributed by atoms with E-state index < -0.39 is 0 Å². The van der Waals surface area contributed by atoms with Gasteiger partial charge < -0.3 is 10.1 Å². The second-order valence-corrected chi connectivity index (χ2v) is 5.52. The molecule has 6 heteroatoms. The highest BCUT2D eigenvalue weighted by molar-refractivity contribution is 6.21. The van der Waals surface area contributed by atoms with Gasteiger partial charge in [0.25, 0.3) is 11.8 Å². The fourth-order valence-corrected chi connectivity index (χ4v) is 2.78. The van der Waals surface area contributed by atoms with E-state index in [1.807, 2.05) is 0 Å². The minimum absolute atomic E-state index is 0.0681. The summed E-state index contributed by atoms with van der Waals surface area (Å²) in [6.45, 7) is 2.73. The maximum atomic E-state index is 12.4. The molecule has 0 saturated carbocycles. The van der Waals surface area contributed by atoms with Crippen molar-refractivity contribution in [1.82, 2.24) is 4.90 Å². The molecule has 1 saturated heterocycles. The molecule has 1 aromatic carbocycles. The monoisotopic (exact) mass is 302 g/mol. The molecular formula is C16H18N2O4. The minimum atomic E-state index is -0.317.